The van der Waals surface area contributed by atoms with E-state index >= 15 is 0 Å². The smallest absolute Gasteiger partial charge is 0.267 e. The number of anilines is 2. The van der Waals surface area contributed by atoms with Crippen molar-refractivity contribution in [3.05, 3.63) is 60.4 Å². The topological polar surface area (TPSA) is 118 Å². The Morgan fingerprint density at radius 1 is 0.767 bits per heavy atom. The Morgan fingerprint density at radius 2 is 1.20 bits per heavy atom. The van der Waals surface area contributed by atoms with Crippen LogP contribution in [0, 0.1) is 0 Å². The average Bonchev–Trinajstić information content (AvgIpc) is 3.37. The van der Waals surface area contributed by atoms with Crippen molar-refractivity contribution in [2.75, 3.05) is 36.8 Å². The summed E-state index contributed by atoms with van der Waals surface area (Å²) < 4.78 is 3.54. The second-order valence-corrected chi connectivity index (χ2v) is 6.63. The van der Waals surface area contributed by atoms with E-state index in [-0.39, 0.29) is 11.8 Å². The highest BCUT2D eigenvalue weighted by molar-refractivity contribution is 5.93. The Kier molecular flexibility index (Phi) is 7.04. The van der Waals surface area contributed by atoms with Gasteiger partial charge in [-0.05, 0) is 24.3 Å². The summed E-state index contributed by atoms with van der Waals surface area (Å²) in [4.78, 5) is 32.8. The normalized spacial score (nSPS) is 10.5. The number of hydrogen-bond acceptors (Lipinski definition) is 6. The second kappa shape index (κ2) is 10.1. The fourth-order valence-electron chi connectivity index (χ4n) is 2.89. The van der Waals surface area contributed by atoms with Gasteiger partial charge in [0.05, 0.1) is 0 Å². The lowest BCUT2D eigenvalue weighted by atomic mass is 10.4. The first-order valence-electron chi connectivity index (χ1n) is 9.64. The molecule has 0 fully saturated rings. The van der Waals surface area contributed by atoms with E-state index in [1.165, 1.54) is 0 Å². The summed E-state index contributed by atoms with van der Waals surface area (Å²) in [6, 6.07) is 7.19. The van der Waals surface area contributed by atoms with Crippen LogP contribution in [0.2, 0.25) is 0 Å². The van der Waals surface area contributed by atoms with E-state index in [2.05, 4.69) is 31.2 Å². The maximum atomic E-state index is 12.1. The van der Waals surface area contributed by atoms with E-state index in [0.29, 0.717) is 49.2 Å². The minimum atomic E-state index is -0.129. The standard InChI is InChI=1S/C20H26N8O2/c1-27-13-3-5-15(27)19(29)25-11-9-23-17-18(22-8-7-21-17)24-10-12-26-20(30)16-6-4-14-28(16)2/h3-8,13-14H,9-12H2,1-2H3,(H,21,23)(H,22,24)(H,25,29)(H,26,30). The summed E-state index contributed by atoms with van der Waals surface area (Å²) in [5.41, 5.74) is 1.21. The zero-order chi connectivity index (χ0) is 21.3. The van der Waals surface area contributed by atoms with Gasteiger partial charge in [-0.25, -0.2) is 9.97 Å². The number of nitrogens with zero attached hydrogens (tertiary/aromatic N) is 4. The molecular weight excluding hydrogens is 384 g/mol. The predicted octanol–water partition coefficient (Wildman–Crippen LogP) is 0.837. The van der Waals surface area contributed by atoms with Crippen LogP contribution in [0.15, 0.2) is 49.1 Å². The molecular formula is C20H26N8O2. The summed E-state index contributed by atoms with van der Waals surface area (Å²) in [6.07, 6.45) is 6.83. The van der Waals surface area contributed by atoms with Crippen molar-refractivity contribution < 1.29 is 9.59 Å². The van der Waals surface area contributed by atoms with Gasteiger partial charge in [0.2, 0.25) is 0 Å². The molecule has 0 aromatic carbocycles. The highest BCUT2D eigenvalue weighted by Gasteiger charge is 2.10. The molecule has 0 aliphatic carbocycles. The van der Waals surface area contributed by atoms with Gasteiger partial charge in [-0.1, -0.05) is 0 Å². The molecule has 0 radical (unpaired) electrons. The predicted molar refractivity (Wildman–Crippen MR) is 115 cm³/mol. The van der Waals surface area contributed by atoms with Crippen LogP contribution in [0.1, 0.15) is 21.0 Å². The molecule has 0 bridgehead atoms. The van der Waals surface area contributed by atoms with Crippen LogP contribution in [-0.4, -0.2) is 57.1 Å². The molecule has 3 aromatic rings. The molecule has 0 unspecified atom stereocenters. The van der Waals surface area contributed by atoms with E-state index in [1.807, 2.05) is 38.6 Å². The Balaban J connectivity index is 1.41. The Hall–Kier alpha value is -3.82. The van der Waals surface area contributed by atoms with Crippen molar-refractivity contribution in [1.29, 1.82) is 0 Å². The zero-order valence-electron chi connectivity index (χ0n) is 17.1. The third-order valence-corrected chi connectivity index (χ3v) is 4.46. The monoisotopic (exact) mass is 410 g/mol. The van der Waals surface area contributed by atoms with Crippen LogP contribution in [0.5, 0.6) is 0 Å². The Bertz CT molecular complexity index is 915. The SMILES string of the molecule is Cn1cccc1C(=O)NCCNc1nccnc1NCCNC(=O)c1cccn1C. The molecule has 30 heavy (non-hydrogen) atoms. The number of hydrogen-bond donors (Lipinski definition) is 4. The fourth-order valence-corrected chi connectivity index (χ4v) is 2.89. The summed E-state index contributed by atoms with van der Waals surface area (Å²) in [5.74, 6) is 0.908. The van der Waals surface area contributed by atoms with Crippen LogP contribution in [0.3, 0.4) is 0 Å². The maximum Gasteiger partial charge on any atom is 0.267 e. The minimum absolute atomic E-state index is 0.129. The van der Waals surface area contributed by atoms with Crippen molar-refractivity contribution in [2.24, 2.45) is 14.1 Å². The zero-order valence-corrected chi connectivity index (χ0v) is 17.1. The number of carbonyl (C=O) groups is 2. The lowest BCUT2D eigenvalue weighted by Gasteiger charge is -2.12. The average molecular weight is 410 g/mol. The Morgan fingerprint density at radius 3 is 1.57 bits per heavy atom. The first-order chi connectivity index (χ1) is 14.6. The molecule has 3 rings (SSSR count). The highest BCUT2D eigenvalue weighted by atomic mass is 16.2. The minimum Gasteiger partial charge on any atom is -0.365 e. The fraction of sp³-hybridized carbons (Fsp3) is 0.300. The molecule has 0 saturated carbocycles. The van der Waals surface area contributed by atoms with Gasteiger partial charge in [-0.15, -0.1) is 0 Å². The summed E-state index contributed by atoms with van der Waals surface area (Å²) in [7, 11) is 3.65. The van der Waals surface area contributed by atoms with Crippen LogP contribution >= 0.6 is 0 Å². The van der Waals surface area contributed by atoms with Crippen LogP contribution < -0.4 is 21.3 Å². The van der Waals surface area contributed by atoms with Crippen molar-refractivity contribution in [2.45, 2.75) is 0 Å². The Labute approximate surface area is 174 Å². The maximum absolute atomic E-state index is 12.1. The van der Waals surface area contributed by atoms with Gasteiger partial charge in [0.1, 0.15) is 11.4 Å². The van der Waals surface area contributed by atoms with Crippen LogP contribution in [0.25, 0.3) is 0 Å². The molecule has 10 nitrogen and oxygen atoms in total. The molecule has 3 aromatic heterocycles. The molecule has 0 atom stereocenters. The van der Waals surface area contributed by atoms with Gasteiger partial charge >= 0.3 is 0 Å². The number of amides is 2. The number of aromatic nitrogens is 4. The van der Waals surface area contributed by atoms with Crippen molar-refractivity contribution in [1.82, 2.24) is 29.7 Å². The number of aryl methyl sites for hydroxylation is 2. The van der Waals surface area contributed by atoms with Gasteiger partial charge < -0.3 is 30.4 Å². The molecule has 158 valence electrons. The molecule has 4 N–H and O–H groups in total. The van der Waals surface area contributed by atoms with E-state index in [9.17, 15) is 9.59 Å². The van der Waals surface area contributed by atoms with Crippen molar-refractivity contribution >= 4 is 23.5 Å². The summed E-state index contributed by atoms with van der Waals surface area (Å²) in [6.45, 7) is 1.86. The van der Waals surface area contributed by atoms with Gasteiger partial charge in [0.15, 0.2) is 11.6 Å². The quantitative estimate of drug-likeness (QED) is 0.368. The number of carbonyl (C=O) groups excluding carboxylic acids is 2. The molecule has 10 heteroatoms. The van der Waals surface area contributed by atoms with Gasteiger partial charge in [-0.2, -0.15) is 0 Å². The molecule has 0 spiro atoms. The first kappa shape index (κ1) is 20.9. The van der Waals surface area contributed by atoms with Crippen molar-refractivity contribution in [3.63, 3.8) is 0 Å². The molecule has 2 amide bonds. The van der Waals surface area contributed by atoms with Crippen LogP contribution in [-0.2, 0) is 14.1 Å². The first-order valence-corrected chi connectivity index (χ1v) is 9.64. The van der Waals surface area contributed by atoms with E-state index in [0.717, 1.165) is 0 Å². The molecule has 0 saturated heterocycles. The molecule has 0 aliphatic heterocycles. The van der Waals surface area contributed by atoms with Crippen LogP contribution in [0.4, 0.5) is 11.6 Å². The van der Waals surface area contributed by atoms with Gasteiger partial charge in [0.25, 0.3) is 11.8 Å². The summed E-state index contributed by atoms with van der Waals surface area (Å²) in [5, 5.41) is 12.0. The van der Waals surface area contributed by atoms with E-state index < -0.39 is 0 Å². The van der Waals surface area contributed by atoms with Crippen molar-refractivity contribution in [3.8, 4) is 0 Å². The summed E-state index contributed by atoms with van der Waals surface area (Å²) >= 11 is 0. The lowest BCUT2D eigenvalue weighted by Crippen LogP contribution is -2.31. The highest BCUT2D eigenvalue weighted by Crippen LogP contribution is 2.13. The largest absolute Gasteiger partial charge is 0.365 e. The number of rotatable bonds is 10. The third kappa shape index (κ3) is 5.37. The van der Waals surface area contributed by atoms with Gasteiger partial charge in [-0.3, -0.25) is 9.59 Å². The van der Waals surface area contributed by atoms with Gasteiger partial charge in [0, 0.05) is 65.1 Å². The van der Waals surface area contributed by atoms with E-state index in [4.69, 9.17) is 0 Å². The lowest BCUT2D eigenvalue weighted by molar-refractivity contribution is 0.0939. The second-order valence-electron chi connectivity index (χ2n) is 6.63. The van der Waals surface area contributed by atoms with E-state index in [1.54, 1.807) is 33.7 Å². The third-order valence-electron chi connectivity index (χ3n) is 4.46. The molecule has 3 heterocycles. The number of nitrogens with one attached hydrogen (secondary N) is 4. The molecule has 0 aliphatic rings.